The average molecular weight is 719 g/mol. The van der Waals surface area contributed by atoms with Crippen LogP contribution in [0.2, 0.25) is 0 Å². The molecule has 0 atom stereocenters. The third kappa shape index (κ3) is 20.7. The van der Waals surface area contributed by atoms with Gasteiger partial charge in [-0.2, -0.15) is 0 Å². The van der Waals surface area contributed by atoms with Crippen LogP contribution < -0.4 is 14.2 Å². The summed E-state index contributed by atoms with van der Waals surface area (Å²) in [5.74, 6) is 2.14. The Labute approximate surface area is 306 Å². The standard InChI is InChI=1S/C18H20O4.C13H12O2.C10H18O5/c1-18(2,3)22-17(19)21-16-11-9-15(10-12-16)20-13-14-7-5-4-6-8-14;14-12-6-8-13(9-7-12)15-10-11-4-2-1-3-5-11;1-9(2,3)14-7(11)13-8(12)15-10(4,5)6/h4-12H,13H2,1-3H3;1-9,14H,10H2;1-6H3. The molecule has 0 aliphatic rings. The van der Waals surface area contributed by atoms with Crippen LogP contribution in [0.1, 0.15) is 73.4 Å². The Morgan fingerprint density at radius 2 is 0.788 bits per heavy atom. The Balaban J connectivity index is 0.000000279. The third-order valence-corrected chi connectivity index (χ3v) is 5.69. The van der Waals surface area contributed by atoms with E-state index in [4.69, 9.17) is 33.5 Å². The molecule has 0 amide bonds. The van der Waals surface area contributed by atoms with E-state index in [0.29, 0.717) is 24.7 Å². The molecule has 1 N–H and O–H groups in total. The molecule has 11 heteroatoms. The van der Waals surface area contributed by atoms with E-state index in [1.807, 2.05) is 60.7 Å². The van der Waals surface area contributed by atoms with Gasteiger partial charge in [0.2, 0.25) is 0 Å². The molecule has 4 rings (SSSR count). The summed E-state index contributed by atoms with van der Waals surface area (Å²) in [6.07, 6.45) is -2.83. The molecule has 4 aromatic carbocycles. The highest BCUT2D eigenvalue weighted by Crippen LogP contribution is 2.20. The summed E-state index contributed by atoms with van der Waals surface area (Å²) in [6.45, 7) is 16.4. The van der Waals surface area contributed by atoms with Gasteiger partial charge in [0.1, 0.15) is 53.0 Å². The van der Waals surface area contributed by atoms with Crippen LogP contribution in [0.4, 0.5) is 14.4 Å². The van der Waals surface area contributed by atoms with Crippen LogP contribution in [0.15, 0.2) is 109 Å². The van der Waals surface area contributed by atoms with Gasteiger partial charge in [0.25, 0.3) is 0 Å². The number of aromatic hydroxyl groups is 1. The Morgan fingerprint density at radius 3 is 1.15 bits per heavy atom. The summed E-state index contributed by atoms with van der Waals surface area (Å²) in [5.41, 5.74) is 0.260. The maximum absolute atomic E-state index is 11.5. The molecule has 0 aromatic heterocycles. The lowest BCUT2D eigenvalue weighted by Crippen LogP contribution is -2.29. The van der Waals surface area contributed by atoms with Gasteiger partial charge in [-0.05, 0) is 122 Å². The smallest absolute Gasteiger partial charge is 0.508 e. The minimum absolute atomic E-state index is 0.252. The number of carbonyl (C=O) groups excluding carboxylic acids is 3. The Hall–Kier alpha value is -5.71. The number of rotatable bonds is 7. The van der Waals surface area contributed by atoms with Crippen LogP contribution in [-0.2, 0) is 32.2 Å². The van der Waals surface area contributed by atoms with E-state index in [0.717, 1.165) is 16.9 Å². The lowest BCUT2D eigenvalue weighted by molar-refractivity contribution is -0.0294. The normalized spacial score (nSPS) is 10.9. The van der Waals surface area contributed by atoms with Crippen molar-refractivity contribution < 1.29 is 52.6 Å². The summed E-state index contributed by atoms with van der Waals surface area (Å²) in [7, 11) is 0. The molecule has 4 aromatic rings. The minimum atomic E-state index is -1.06. The monoisotopic (exact) mass is 718 g/mol. The second-order valence-corrected chi connectivity index (χ2v) is 14.1. The van der Waals surface area contributed by atoms with Crippen molar-refractivity contribution in [2.45, 2.75) is 92.3 Å². The van der Waals surface area contributed by atoms with Gasteiger partial charge in [-0.3, -0.25) is 0 Å². The third-order valence-electron chi connectivity index (χ3n) is 5.69. The van der Waals surface area contributed by atoms with Crippen molar-refractivity contribution in [3.8, 4) is 23.0 Å². The largest absolute Gasteiger partial charge is 0.519 e. The fourth-order valence-electron chi connectivity index (χ4n) is 3.60. The molecule has 0 fully saturated rings. The van der Waals surface area contributed by atoms with Crippen LogP contribution in [-0.4, -0.2) is 40.4 Å². The summed E-state index contributed by atoms with van der Waals surface area (Å²) in [4.78, 5) is 33.6. The molecule has 0 spiro atoms. The Morgan fingerprint density at radius 1 is 0.462 bits per heavy atom. The van der Waals surface area contributed by atoms with Crippen molar-refractivity contribution in [1.82, 2.24) is 0 Å². The first-order chi connectivity index (χ1) is 24.3. The predicted octanol–water partition coefficient (Wildman–Crippen LogP) is 10.4. The summed E-state index contributed by atoms with van der Waals surface area (Å²) >= 11 is 0. The zero-order valence-corrected chi connectivity index (χ0v) is 31.3. The van der Waals surface area contributed by atoms with Crippen molar-refractivity contribution in [2.75, 3.05) is 0 Å². The zero-order valence-electron chi connectivity index (χ0n) is 31.3. The maximum atomic E-state index is 11.5. The zero-order chi connectivity index (χ0) is 38.8. The van der Waals surface area contributed by atoms with Gasteiger partial charge in [0.15, 0.2) is 0 Å². The second-order valence-electron chi connectivity index (χ2n) is 14.1. The van der Waals surface area contributed by atoms with Crippen molar-refractivity contribution in [1.29, 1.82) is 0 Å². The van der Waals surface area contributed by atoms with E-state index in [2.05, 4.69) is 4.74 Å². The Bertz CT molecular complexity index is 1610. The molecule has 280 valence electrons. The van der Waals surface area contributed by atoms with Crippen LogP contribution in [0.5, 0.6) is 23.0 Å². The van der Waals surface area contributed by atoms with Crippen LogP contribution in [0.25, 0.3) is 0 Å². The number of ether oxygens (including phenoxy) is 7. The Kier molecular flexibility index (Phi) is 16.5. The first-order valence-corrected chi connectivity index (χ1v) is 16.5. The number of hydrogen-bond acceptors (Lipinski definition) is 11. The second kappa shape index (κ2) is 20.2. The van der Waals surface area contributed by atoms with E-state index in [1.54, 1.807) is 111 Å². The molecule has 11 nitrogen and oxygen atoms in total. The van der Waals surface area contributed by atoms with E-state index < -0.39 is 35.3 Å². The molecule has 0 heterocycles. The number of benzene rings is 4. The highest BCUT2D eigenvalue weighted by molar-refractivity contribution is 5.77. The van der Waals surface area contributed by atoms with Crippen molar-refractivity contribution in [3.63, 3.8) is 0 Å². The molecule has 0 saturated carbocycles. The van der Waals surface area contributed by atoms with Gasteiger partial charge in [-0.15, -0.1) is 0 Å². The number of carbonyl (C=O) groups is 3. The highest BCUT2D eigenvalue weighted by Gasteiger charge is 2.24. The number of hydrogen-bond donors (Lipinski definition) is 1. The summed E-state index contributed by atoms with van der Waals surface area (Å²) < 4.78 is 35.2. The first kappa shape index (κ1) is 42.5. The maximum Gasteiger partial charge on any atom is 0.519 e. The number of phenolic OH excluding ortho intramolecular Hbond substituents is 1. The molecule has 0 aliphatic carbocycles. The van der Waals surface area contributed by atoms with E-state index >= 15 is 0 Å². The molecule has 0 bridgehead atoms. The molecule has 0 saturated heterocycles. The lowest BCUT2D eigenvalue weighted by Gasteiger charge is -2.20. The molecule has 0 unspecified atom stereocenters. The van der Waals surface area contributed by atoms with Crippen molar-refractivity contribution in [3.05, 3.63) is 120 Å². The van der Waals surface area contributed by atoms with Gasteiger partial charge >= 0.3 is 18.5 Å². The van der Waals surface area contributed by atoms with Gasteiger partial charge in [0, 0.05) is 0 Å². The molecular formula is C41H50O11. The lowest BCUT2D eigenvalue weighted by atomic mass is 10.2. The van der Waals surface area contributed by atoms with Crippen molar-refractivity contribution >= 4 is 18.5 Å². The molecule has 0 radical (unpaired) electrons. The van der Waals surface area contributed by atoms with E-state index in [9.17, 15) is 14.4 Å². The predicted molar refractivity (Wildman–Crippen MR) is 197 cm³/mol. The fourth-order valence-corrected chi connectivity index (χ4v) is 3.60. The number of phenols is 1. The molecule has 0 aliphatic heterocycles. The SMILES string of the molecule is CC(C)(C)OC(=O)OC(=O)OC(C)(C)C.CC(C)(C)OC(=O)Oc1ccc(OCc2ccccc2)cc1.Oc1ccc(OCc2ccccc2)cc1. The van der Waals surface area contributed by atoms with Crippen LogP contribution in [0.3, 0.4) is 0 Å². The average Bonchev–Trinajstić information content (AvgIpc) is 3.03. The van der Waals surface area contributed by atoms with E-state index in [-0.39, 0.29) is 5.75 Å². The van der Waals surface area contributed by atoms with Gasteiger partial charge < -0.3 is 38.3 Å². The van der Waals surface area contributed by atoms with Crippen LogP contribution >= 0.6 is 0 Å². The summed E-state index contributed by atoms with van der Waals surface area (Å²) in [6, 6.07) is 33.4. The summed E-state index contributed by atoms with van der Waals surface area (Å²) in [5, 5.41) is 9.09. The molecular weight excluding hydrogens is 668 g/mol. The first-order valence-electron chi connectivity index (χ1n) is 16.5. The van der Waals surface area contributed by atoms with Gasteiger partial charge in [-0.25, -0.2) is 14.4 Å². The minimum Gasteiger partial charge on any atom is -0.508 e. The molecule has 52 heavy (non-hydrogen) atoms. The van der Waals surface area contributed by atoms with E-state index in [1.165, 1.54) is 0 Å². The topological polar surface area (TPSA) is 136 Å². The van der Waals surface area contributed by atoms with Crippen molar-refractivity contribution in [2.24, 2.45) is 0 Å². The fraction of sp³-hybridized carbons (Fsp3) is 0.341. The quantitative estimate of drug-likeness (QED) is 0.0846. The van der Waals surface area contributed by atoms with Crippen LogP contribution in [0, 0.1) is 0 Å². The highest BCUT2D eigenvalue weighted by atomic mass is 16.8. The van der Waals surface area contributed by atoms with Gasteiger partial charge in [0.05, 0.1) is 0 Å². The van der Waals surface area contributed by atoms with Gasteiger partial charge in [-0.1, -0.05) is 60.7 Å².